The van der Waals surface area contributed by atoms with Crippen LogP contribution in [0.25, 0.3) is 0 Å². The number of nitrogens with one attached hydrogen (secondary N) is 1. The number of aryl methyl sites for hydroxylation is 1. The highest BCUT2D eigenvalue weighted by Crippen LogP contribution is 2.37. The molecule has 1 fully saturated rings. The Morgan fingerprint density at radius 2 is 2.38 bits per heavy atom. The zero-order valence-electron chi connectivity index (χ0n) is 10.1. The summed E-state index contributed by atoms with van der Waals surface area (Å²) in [6, 6.07) is 0. The molecule has 3 nitrogen and oxygen atoms in total. The predicted octanol–water partition coefficient (Wildman–Crippen LogP) is 2.94. The van der Waals surface area contributed by atoms with Crippen LogP contribution in [0.1, 0.15) is 45.2 Å². The highest BCUT2D eigenvalue weighted by molar-refractivity contribution is 6.31. The van der Waals surface area contributed by atoms with Gasteiger partial charge in [-0.3, -0.25) is 4.68 Å². The van der Waals surface area contributed by atoms with Crippen molar-refractivity contribution in [2.75, 3.05) is 6.54 Å². The smallest absolute Gasteiger partial charge is 0.0837 e. The van der Waals surface area contributed by atoms with E-state index in [0.717, 1.165) is 31.0 Å². The molecular formula is C12H20ClN3. The molecule has 2 rings (SSSR count). The monoisotopic (exact) mass is 241 g/mol. The molecule has 16 heavy (non-hydrogen) atoms. The predicted molar refractivity (Wildman–Crippen MR) is 66.7 cm³/mol. The molecule has 1 unspecified atom stereocenters. The lowest BCUT2D eigenvalue weighted by Crippen LogP contribution is -2.38. The zero-order chi connectivity index (χ0) is 11.6. The second-order valence-corrected chi connectivity index (χ2v) is 4.94. The van der Waals surface area contributed by atoms with Crippen LogP contribution in [-0.2, 0) is 12.1 Å². The van der Waals surface area contributed by atoms with Crippen molar-refractivity contribution in [2.45, 2.75) is 51.6 Å². The van der Waals surface area contributed by atoms with E-state index in [-0.39, 0.29) is 5.54 Å². The molecule has 0 spiro atoms. The van der Waals surface area contributed by atoms with Crippen LogP contribution >= 0.6 is 11.6 Å². The van der Waals surface area contributed by atoms with Gasteiger partial charge in [-0.05, 0) is 32.2 Å². The quantitative estimate of drug-likeness (QED) is 0.879. The van der Waals surface area contributed by atoms with Gasteiger partial charge < -0.3 is 5.32 Å². The maximum atomic E-state index is 6.31. The van der Waals surface area contributed by atoms with Crippen molar-refractivity contribution >= 4 is 11.6 Å². The van der Waals surface area contributed by atoms with Crippen LogP contribution in [0.3, 0.4) is 0 Å². The SMILES string of the molecule is CCCn1ncc(Cl)c1C1(CC)CCCN1. The Morgan fingerprint density at radius 3 is 2.94 bits per heavy atom. The summed E-state index contributed by atoms with van der Waals surface area (Å²) in [7, 11) is 0. The van der Waals surface area contributed by atoms with Crippen molar-refractivity contribution in [3.63, 3.8) is 0 Å². The third kappa shape index (κ3) is 1.87. The van der Waals surface area contributed by atoms with E-state index in [9.17, 15) is 0 Å². The van der Waals surface area contributed by atoms with E-state index in [2.05, 4.69) is 28.9 Å². The lowest BCUT2D eigenvalue weighted by Gasteiger charge is -2.29. The van der Waals surface area contributed by atoms with E-state index in [0.29, 0.717) is 0 Å². The lowest BCUT2D eigenvalue weighted by atomic mass is 9.90. The molecule has 0 saturated carbocycles. The Hall–Kier alpha value is -0.540. The normalized spacial score (nSPS) is 25.2. The fourth-order valence-corrected chi connectivity index (χ4v) is 3.02. The third-order valence-corrected chi connectivity index (χ3v) is 3.81. The summed E-state index contributed by atoms with van der Waals surface area (Å²) in [4.78, 5) is 0. The van der Waals surface area contributed by atoms with Gasteiger partial charge in [0.05, 0.1) is 22.5 Å². The Morgan fingerprint density at radius 1 is 1.56 bits per heavy atom. The Labute approximate surface area is 102 Å². The highest BCUT2D eigenvalue weighted by Gasteiger charge is 2.38. The number of rotatable bonds is 4. The minimum absolute atomic E-state index is 0.0583. The fourth-order valence-electron chi connectivity index (χ4n) is 2.70. The van der Waals surface area contributed by atoms with Gasteiger partial charge >= 0.3 is 0 Å². The van der Waals surface area contributed by atoms with Crippen molar-refractivity contribution in [3.8, 4) is 0 Å². The standard InChI is InChI=1S/C12H20ClN3/c1-3-8-16-11(10(13)9-15-16)12(4-2)6-5-7-14-12/h9,14H,3-8H2,1-2H3. The van der Waals surface area contributed by atoms with Crippen molar-refractivity contribution in [2.24, 2.45) is 0 Å². The maximum absolute atomic E-state index is 6.31. The van der Waals surface area contributed by atoms with Crippen LogP contribution in [0.2, 0.25) is 5.02 Å². The van der Waals surface area contributed by atoms with E-state index < -0.39 is 0 Å². The van der Waals surface area contributed by atoms with Crippen LogP contribution in [0.15, 0.2) is 6.20 Å². The Kier molecular flexibility index (Phi) is 3.55. The van der Waals surface area contributed by atoms with Gasteiger partial charge in [0.2, 0.25) is 0 Å². The molecule has 1 aliphatic rings. The summed E-state index contributed by atoms with van der Waals surface area (Å²) < 4.78 is 2.07. The molecule has 0 aliphatic carbocycles. The van der Waals surface area contributed by atoms with Crippen LogP contribution in [0.5, 0.6) is 0 Å². The first kappa shape index (κ1) is 11.9. The lowest BCUT2D eigenvalue weighted by molar-refractivity contribution is 0.340. The van der Waals surface area contributed by atoms with Gasteiger partial charge in [-0.25, -0.2) is 0 Å². The Bertz CT molecular complexity index is 353. The fraction of sp³-hybridized carbons (Fsp3) is 0.750. The molecule has 1 aliphatic heterocycles. The van der Waals surface area contributed by atoms with E-state index >= 15 is 0 Å². The topological polar surface area (TPSA) is 29.9 Å². The molecule has 0 aromatic carbocycles. The number of hydrogen-bond donors (Lipinski definition) is 1. The second-order valence-electron chi connectivity index (χ2n) is 4.53. The highest BCUT2D eigenvalue weighted by atomic mass is 35.5. The van der Waals surface area contributed by atoms with Gasteiger partial charge in [0.15, 0.2) is 0 Å². The second kappa shape index (κ2) is 4.76. The van der Waals surface area contributed by atoms with Gasteiger partial charge in [0.25, 0.3) is 0 Å². The minimum Gasteiger partial charge on any atom is -0.306 e. The van der Waals surface area contributed by atoms with Crippen LogP contribution in [0.4, 0.5) is 0 Å². The third-order valence-electron chi connectivity index (χ3n) is 3.53. The van der Waals surface area contributed by atoms with Crippen LogP contribution in [0, 0.1) is 0 Å². The first-order valence-electron chi connectivity index (χ1n) is 6.20. The average molecular weight is 242 g/mol. The minimum atomic E-state index is 0.0583. The first-order chi connectivity index (χ1) is 7.73. The van der Waals surface area contributed by atoms with Gasteiger partial charge in [-0.15, -0.1) is 0 Å². The van der Waals surface area contributed by atoms with E-state index in [4.69, 9.17) is 11.6 Å². The summed E-state index contributed by atoms with van der Waals surface area (Å²) in [5.41, 5.74) is 1.25. The molecule has 1 aromatic rings. The molecule has 1 atom stereocenters. The van der Waals surface area contributed by atoms with Crippen molar-refractivity contribution in [1.29, 1.82) is 0 Å². The van der Waals surface area contributed by atoms with E-state index in [1.807, 2.05) is 0 Å². The summed E-state index contributed by atoms with van der Waals surface area (Å²) in [5, 5.41) is 8.81. The first-order valence-corrected chi connectivity index (χ1v) is 6.58. The molecule has 0 amide bonds. The van der Waals surface area contributed by atoms with Gasteiger partial charge in [0.1, 0.15) is 0 Å². The largest absolute Gasteiger partial charge is 0.306 e. The molecule has 1 N–H and O–H groups in total. The Balaban J connectivity index is 2.40. The summed E-state index contributed by atoms with van der Waals surface area (Å²) in [6.45, 7) is 6.42. The zero-order valence-corrected chi connectivity index (χ0v) is 10.8. The molecule has 4 heteroatoms. The number of halogens is 1. The molecule has 0 radical (unpaired) electrons. The van der Waals surface area contributed by atoms with Crippen molar-refractivity contribution < 1.29 is 0 Å². The van der Waals surface area contributed by atoms with E-state index in [1.165, 1.54) is 18.5 Å². The molecule has 90 valence electrons. The van der Waals surface area contributed by atoms with Crippen molar-refractivity contribution in [3.05, 3.63) is 16.9 Å². The summed E-state index contributed by atoms with van der Waals surface area (Å²) in [6.07, 6.45) is 6.33. The van der Waals surface area contributed by atoms with Gasteiger partial charge in [-0.1, -0.05) is 25.4 Å². The number of aromatic nitrogens is 2. The molecule has 1 aromatic heterocycles. The molecule has 0 bridgehead atoms. The summed E-state index contributed by atoms with van der Waals surface area (Å²) >= 11 is 6.31. The number of hydrogen-bond acceptors (Lipinski definition) is 2. The van der Waals surface area contributed by atoms with Crippen LogP contribution in [-0.4, -0.2) is 16.3 Å². The molecule has 1 saturated heterocycles. The molecular weight excluding hydrogens is 222 g/mol. The van der Waals surface area contributed by atoms with Gasteiger partial charge in [0, 0.05) is 6.54 Å². The van der Waals surface area contributed by atoms with Gasteiger partial charge in [-0.2, -0.15) is 5.10 Å². The maximum Gasteiger partial charge on any atom is 0.0837 e. The number of nitrogens with zero attached hydrogens (tertiary/aromatic N) is 2. The molecule has 2 heterocycles. The van der Waals surface area contributed by atoms with Crippen molar-refractivity contribution in [1.82, 2.24) is 15.1 Å². The average Bonchev–Trinajstić information content (AvgIpc) is 2.87. The van der Waals surface area contributed by atoms with Crippen LogP contribution < -0.4 is 5.32 Å². The van der Waals surface area contributed by atoms with E-state index in [1.54, 1.807) is 6.20 Å². The summed E-state index contributed by atoms with van der Waals surface area (Å²) in [5.74, 6) is 0.